The summed E-state index contributed by atoms with van der Waals surface area (Å²) in [5, 5.41) is 28.2. The van der Waals surface area contributed by atoms with Gasteiger partial charge < -0.3 is 51.2 Å². The van der Waals surface area contributed by atoms with E-state index >= 15 is 0 Å². The van der Waals surface area contributed by atoms with E-state index in [9.17, 15) is 33.9 Å². The summed E-state index contributed by atoms with van der Waals surface area (Å²) in [6.07, 6.45) is -1.34. The van der Waals surface area contributed by atoms with Gasteiger partial charge in [0.15, 0.2) is 5.60 Å². The molecule has 0 aliphatic carbocycles. The average Bonchev–Trinajstić information content (AvgIpc) is 3.51. The molecule has 16 heteroatoms. The average molecular weight is 907 g/mol. The maximum Gasteiger partial charge on any atom is 0.408 e. The molecule has 16 nitrogen and oxygen atoms in total. The molecular formula is C50H62N6O10. The summed E-state index contributed by atoms with van der Waals surface area (Å²) < 4.78 is 16.8. The zero-order chi connectivity index (χ0) is 47.9. The fourth-order valence-electron chi connectivity index (χ4n) is 7.07. The van der Waals surface area contributed by atoms with Crippen molar-refractivity contribution in [1.82, 2.24) is 26.6 Å². The number of carbonyl (C=O) groups excluding carboxylic acids is 6. The highest BCUT2D eigenvalue weighted by Crippen LogP contribution is 2.39. The molecule has 0 aromatic heterocycles. The van der Waals surface area contributed by atoms with Gasteiger partial charge in [-0.15, -0.1) is 0 Å². The Kier molecular flexibility index (Phi) is 17.3. The van der Waals surface area contributed by atoms with E-state index in [2.05, 4.69) is 31.9 Å². The highest BCUT2D eigenvalue weighted by Gasteiger charge is 2.48. The molecule has 1 heterocycles. The first-order chi connectivity index (χ1) is 31.3. The highest BCUT2D eigenvalue weighted by atomic mass is 16.6. The second-order valence-corrected chi connectivity index (χ2v) is 18.1. The highest BCUT2D eigenvalue weighted by molar-refractivity contribution is 6.05. The molecular weight excluding hydrogens is 845 g/mol. The molecule has 5 rings (SSSR count). The van der Waals surface area contributed by atoms with Crippen LogP contribution in [0.1, 0.15) is 89.5 Å². The summed E-state index contributed by atoms with van der Waals surface area (Å²) in [5.41, 5.74) is -0.792. The summed E-state index contributed by atoms with van der Waals surface area (Å²) in [5.74, 6) is -2.40. The van der Waals surface area contributed by atoms with E-state index in [-0.39, 0.29) is 31.5 Å². The molecule has 0 radical (unpaired) electrons. The Hall–Kier alpha value is -6.94. The topological polar surface area (TPSA) is 223 Å². The number of hydrogen-bond acceptors (Lipinski definition) is 10. The van der Waals surface area contributed by atoms with Crippen LogP contribution in [0.4, 0.5) is 15.3 Å². The molecule has 0 saturated heterocycles. The zero-order valence-electron chi connectivity index (χ0n) is 38.4. The molecule has 4 aromatic rings. The lowest BCUT2D eigenvalue weighted by atomic mass is 9.87. The molecule has 4 aromatic carbocycles. The minimum atomic E-state index is -2.20. The summed E-state index contributed by atoms with van der Waals surface area (Å²) in [6, 6.07) is 28.2. The first kappa shape index (κ1) is 50.1. The lowest BCUT2D eigenvalue weighted by Gasteiger charge is -2.29. The minimum absolute atomic E-state index is 0.00966. The fraction of sp³-hybridized carbons (Fsp3) is 0.400. The van der Waals surface area contributed by atoms with Gasteiger partial charge in [-0.2, -0.15) is 0 Å². The van der Waals surface area contributed by atoms with Crippen molar-refractivity contribution in [3.05, 3.63) is 131 Å². The van der Waals surface area contributed by atoms with E-state index < -0.39 is 77.2 Å². The van der Waals surface area contributed by atoms with Crippen LogP contribution in [0.2, 0.25) is 0 Å². The number of carbonyl (C=O) groups is 6. The van der Waals surface area contributed by atoms with Crippen molar-refractivity contribution in [2.45, 2.75) is 122 Å². The number of rotatable bonds is 20. The molecule has 1 aliphatic rings. The lowest BCUT2D eigenvalue weighted by molar-refractivity contribution is -0.139. The Bertz CT molecular complexity index is 2280. The number of benzene rings is 4. The van der Waals surface area contributed by atoms with Gasteiger partial charge in [-0.25, -0.2) is 9.59 Å². The Morgan fingerprint density at radius 3 is 1.85 bits per heavy atom. The molecule has 1 aliphatic heterocycles. The van der Waals surface area contributed by atoms with Crippen LogP contribution in [0.15, 0.2) is 109 Å². The van der Waals surface area contributed by atoms with Crippen LogP contribution in [0.25, 0.3) is 0 Å². The summed E-state index contributed by atoms with van der Waals surface area (Å²) in [6.45, 7) is 10.9. The van der Waals surface area contributed by atoms with Crippen LogP contribution in [-0.2, 0) is 53.8 Å². The normalized spacial score (nSPS) is 15.7. The number of amides is 6. The predicted octanol–water partition coefficient (Wildman–Crippen LogP) is 5.91. The number of fused-ring (bicyclic) bond motifs is 1. The minimum Gasteiger partial charge on any atom is -0.489 e. The van der Waals surface area contributed by atoms with Crippen LogP contribution >= 0.6 is 0 Å². The molecule has 4 atom stereocenters. The van der Waals surface area contributed by atoms with Gasteiger partial charge in [0, 0.05) is 37.2 Å². The molecule has 0 fully saturated rings. The van der Waals surface area contributed by atoms with Crippen molar-refractivity contribution in [2.75, 3.05) is 11.9 Å². The number of unbranched alkanes of at least 4 members (excludes halogenated alkanes) is 1. The number of ether oxygens (including phenoxy) is 3. The number of anilines is 1. The predicted molar refractivity (Wildman–Crippen MR) is 248 cm³/mol. The monoisotopic (exact) mass is 906 g/mol. The molecule has 0 unspecified atom stereocenters. The number of aliphatic hydroxyl groups is 1. The van der Waals surface area contributed by atoms with Gasteiger partial charge in [-0.3, -0.25) is 19.2 Å². The maximum atomic E-state index is 14.5. The van der Waals surface area contributed by atoms with Gasteiger partial charge in [0.25, 0.3) is 5.91 Å². The smallest absolute Gasteiger partial charge is 0.408 e. The van der Waals surface area contributed by atoms with E-state index in [1.54, 1.807) is 114 Å². The number of nitrogens with one attached hydrogen (secondary N) is 6. The number of alkyl carbamates (subject to hydrolysis) is 2. The Morgan fingerprint density at radius 2 is 1.20 bits per heavy atom. The van der Waals surface area contributed by atoms with Crippen LogP contribution in [-0.4, -0.2) is 76.8 Å². The van der Waals surface area contributed by atoms with Crippen molar-refractivity contribution < 1.29 is 48.1 Å². The number of para-hydroxylation sites is 1. The van der Waals surface area contributed by atoms with E-state index in [4.69, 9.17) is 14.2 Å². The van der Waals surface area contributed by atoms with E-state index in [0.29, 0.717) is 36.4 Å². The third-order valence-electron chi connectivity index (χ3n) is 10.3. The summed E-state index contributed by atoms with van der Waals surface area (Å²) in [7, 11) is 0. The van der Waals surface area contributed by atoms with Crippen molar-refractivity contribution in [3.8, 4) is 5.75 Å². The van der Waals surface area contributed by atoms with Gasteiger partial charge in [-0.05, 0) is 95.7 Å². The summed E-state index contributed by atoms with van der Waals surface area (Å²) >= 11 is 0. The van der Waals surface area contributed by atoms with Gasteiger partial charge >= 0.3 is 12.2 Å². The van der Waals surface area contributed by atoms with Crippen molar-refractivity contribution in [1.29, 1.82) is 0 Å². The molecule has 0 saturated carbocycles. The molecule has 0 spiro atoms. The van der Waals surface area contributed by atoms with Gasteiger partial charge in [0.2, 0.25) is 17.7 Å². The Labute approximate surface area is 385 Å². The Balaban J connectivity index is 1.38. The second-order valence-electron chi connectivity index (χ2n) is 18.1. The Morgan fingerprint density at radius 1 is 0.621 bits per heavy atom. The molecule has 7 N–H and O–H groups in total. The SMILES string of the molecule is CC(C)(C)OC(=O)NCCCC[C@H](NC(=O)[C@H](Cc1ccc(OCc2ccccc2)cc1)NC(=O)OC(C)(C)C)C(=O)N[C@@H](C[C@]1(O)C(=O)Nc2ccccc21)C(=O)NCc1ccccc1. The largest absolute Gasteiger partial charge is 0.489 e. The number of hydrogen-bond donors (Lipinski definition) is 7. The van der Waals surface area contributed by atoms with Gasteiger partial charge in [0.1, 0.15) is 41.7 Å². The van der Waals surface area contributed by atoms with E-state index in [1.165, 1.54) is 0 Å². The quantitative estimate of drug-likeness (QED) is 0.0520. The summed E-state index contributed by atoms with van der Waals surface area (Å²) in [4.78, 5) is 81.7. The second kappa shape index (κ2) is 22.8. The van der Waals surface area contributed by atoms with Crippen LogP contribution in [0, 0.1) is 0 Å². The lowest BCUT2D eigenvalue weighted by Crippen LogP contribution is -2.58. The molecule has 352 valence electrons. The molecule has 6 amide bonds. The van der Waals surface area contributed by atoms with E-state index in [0.717, 1.165) is 11.1 Å². The molecule has 66 heavy (non-hydrogen) atoms. The first-order valence-electron chi connectivity index (χ1n) is 22.1. The standard InChI is InChI=1S/C50H62N6O10/c1-48(2,3)65-46(61)51-28-16-15-23-39(43(58)54-41(42(57)52-31-34-17-9-7-10-18-34)30-50(63)37-21-13-14-22-38(37)55-45(50)60)53-44(59)40(56-47(62)66-49(4,5)6)29-33-24-26-36(27-25-33)64-32-35-19-11-8-12-20-35/h7-14,17-22,24-27,39-41,63H,15-16,23,28-32H2,1-6H3,(H,51,61)(H,52,57)(H,53,59)(H,54,58)(H,55,60)(H,56,62)/t39-,40-,41-,50+/m0/s1. The first-order valence-corrected chi connectivity index (χ1v) is 22.1. The van der Waals surface area contributed by atoms with Crippen LogP contribution < -0.4 is 36.6 Å². The third kappa shape index (κ3) is 15.6. The van der Waals surface area contributed by atoms with Gasteiger partial charge in [0.05, 0.1) is 0 Å². The zero-order valence-corrected chi connectivity index (χ0v) is 38.4. The van der Waals surface area contributed by atoms with Crippen LogP contribution in [0.3, 0.4) is 0 Å². The van der Waals surface area contributed by atoms with E-state index in [1.807, 2.05) is 36.4 Å². The van der Waals surface area contributed by atoms with Crippen molar-refractivity contribution in [3.63, 3.8) is 0 Å². The fourth-order valence-corrected chi connectivity index (χ4v) is 7.07. The van der Waals surface area contributed by atoms with Gasteiger partial charge in [-0.1, -0.05) is 91.0 Å². The van der Waals surface area contributed by atoms with Crippen molar-refractivity contribution >= 4 is 41.5 Å². The van der Waals surface area contributed by atoms with Crippen molar-refractivity contribution in [2.24, 2.45) is 0 Å². The third-order valence-corrected chi connectivity index (χ3v) is 10.3. The van der Waals surface area contributed by atoms with Crippen LogP contribution in [0.5, 0.6) is 5.75 Å². The molecule has 0 bridgehead atoms. The maximum absolute atomic E-state index is 14.5.